The highest BCUT2D eigenvalue weighted by atomic mass is 19.1. The maximum atomic E-state index is 13.7. The first-order valence-electron chi connectivity index (χ1n) is 7.80. The first-order valence-corrected chi connectivity index (χ1v) is 7.80. The number of hydrogen-bond acceptors (Lipinski definition) is 3. The molecule has 1 aliphatic heterocycles. The Balaban J connectivity index is 2.36. The summed E-state index contributed by atoms with van der Waals surface area (Å²) in [5, 5.41) is 2.84. The van der Waals surface area contributed by atoms with Crippen molar-refractivity contribution in [2.45, 2.75) is 59.7 Å². The van der Waals surface area contributed by atoms with Crippen molar-refractivity contribution < 1.29 is 18.5 Å². The van der Waals surface area contributed by atoms with Gasteiger partial charge < -0.3 is 14.6 Å². The first-order chi connectivity index (χ1) is 10.3. The smallest absolute Gasteiger partial charge is 0.399 e. The van der Waals surface area contributed by atoms with Gasteiger partial charge in [0.1, 0.15) is 5.82 Å². The molecule has 1 saturated heterocycles. The molecule has 6 heteroatoms. The molecule has 0 aliphatic carbocycles. The molecule has 0 spiro atoms. The Morgan fingerprint density at radius 1 is 1.13 bits per heavy atom. The number of hydrogen-bond donors (Lipinski definition) is 1. The van der Waals surface area contributed by atoms with Gasteiger partial charge >= 0.3 is 7.12 Å². The molecule has 1 heterocycles. The summed E-state index contributed by atoms with van der Waals surface area (Å²) in [5.41, 5.74) is -0.627. The molecule has 23 heavy (non-hydrogen) atoms. The van der Waals surface area contributed by atoms with Gasteiger partial charge in [0, 0.05) is 16.6 Å². The maximum Gasteiger partial charge on any atom is 0.497 e. The summed E-state index contributed by atoms with van der Waals surface area (Å²) in [4.78, 5) is 12.3. The molecule has 1 aromatic rings. The van der Waals surface area contributed by atoms with E-state index in [0.29, 0.717) is 11.2 Å². The molecule has 0 saturated carbocycles. The van der Waals surface area contributed by atoms with E-state index in [4.69, 9.17) is 9.31 Å². The molecular weight excluding hydrogens is 296 g/mol. The topological polar surface area (TPSA) is 47.6 Å². The molecule has 1 aromatic carbocycles. The predicted octanol–water partition coefficient (Wildman–Crippen LogP) is 3.11. The van der Waals surface area contributed by atoms with E-state index in [0.717, 1.165) is 0 Å². The normalized spacial score (nSPS) is 19.7. The number of nitrogens with one attached hydrogen (secondary N) is 1. The summed E-state index contributed by atoms with van der Waals surface area (Å²) < 4.78 is 25.7. The standard InChI is InChI=1S/C17H25BFNO3/c1-15(2,3)14(21)20-13-9-8-11(19)10-12(13)18-22-16(4,5)17(6,7)23-18/h8-10H,1-7H3,(H,20,21). The second-order valence-electron chi connectivity index (χ2n) is 8.02. The third-order valence-corrected chi connectivity index (χ3v) is 4.45. The molecule has 2 rings (SSSR count). The molecule has 1 aliphatic rings. The van der Waals surface area contributed by atoms with Crippen LogP contribution in [0.5, 0.6) is 0 Å². The van der Waals surface area contributed by atoms with Crippen LogP contribution in [0.4, 0.5) is 10.1 Å². The van der Waals surface area contributed by atoms with Crippen LogP contribution in [0.1, 0.15) is 48.5 Å². The molecular formula is C17H25BFNO3. The quantitative estimate of drug-likeness (QED) is 0.852. The van der Waals surface area contributed by atoms with Gasteiger partial charge in [-0.3, -0.25) is 4.79 Å². The van der Waals surface area contributed by atoms with Gasteiger partial charge in [0.25, 0.3) is 0 Å². The van der Waals surface area contributed by atoms with E-state index in [1.807, 2.05) is 48.5 Å². The van der Waals surface area contributed by atoms with Crippen LogP contribution in [0.2, 0.25) is 0 Å². The zero-order valence-corrected chi connectivity index (χ0v) is 14.9. The van der Waals surface area contributed by atoms with Crippen LogP contribution in [0.3, 0.4) is 0 Å². The number of amides is 1. The highest BCUT2D eigenvalue weighted by molar-refractivity contribution is 6.64. The lowest BCUT2D eigenvalue weighted by atomic mass is 9.77. The van der Waals surface area contributed by atoms with E-state index >= 15 is 0 Å². The molecule has 1 amide bonds. The van der Waals surface area contributed by atoms with Crippen LogP contribution < -0.4 is 10.8 Å². The summed E-state index contributed by atoms with van der Waals surface area (Å²) >= 11 is 0. The fourth-order valence-corrected chi connectivity index (χ4v) is 2.12. The van der Waals surface area contributed by atoms with Crippen molar-refractivity contribution in [3.63, 3.8) is 0 Å². The Kier molecular flexibility index (Phi) is 4.37. The Hall–Kier alpha value is -1.40. The highest BCUT2D eigenvalue weighted by Gasteiger charge is 2.52. The number of carbonyl (C=O) groups excluding carboxylic acids is 1. The Morgan fingerprint density at radius 3 is 2.13 bits per heavy atom. The van der Waals surface area contributed by atoms with Crippen LogP contribution in [0.15, 0.2) is 18.2 Å². The zero-order valence-electron chi connectivity index (χ0n) is 14.9. The third kappa shape index (κ3) is 3.58. The van der Waals surface area contributed by atoms with Gasteiger partial charge in [-0.15, -0.1) is 0 Å². The van der Waals surface area contributed by atoms with Crippen LogP contribution in [-0.4, -0.2) is 24.2 Å². The molecule has 0 radical (unpaired) electrons. The van der Waals surface area contributed by atoms with E-state index in [9.17, 15) is 9.18 Å². The Bertz CT molecular complexity index is 607. The molecule has 0 atom stereocenters. The average molecular weight is 321 g/mol. The van der Waals surface area contributed by atoms with Gasteiger partial charge in [0.2, 0.25) is 5.91 Å². The van der Waals surface area contributed by atoms with Gasteiger partial charge in [-0.1, -0.05) is 20.8 Å². The second kappa shape index (κ2) is 5.60. The maximum absolute atomic E-state index is 13.7. The fraction of sp³-hybridized carbons (Fsp3) is 0.588. The minimum Gasteiger partial charge on any atom is -0.399 e. The average Bonchev–Trinajstić information content (AvgIpc) is 2.59. The lowest BCUT2D eigenvalue weighted by Gasteiger charge is -2.32. The van der Waals surface area contributed by atoms with E-state index in [2.05, 4.69) is 5.32 Å². The van der Waals surface area contributed by atoms with Crippen molar-refractivity contribution in [3.05, 3.63) is 24.0 Å². The number of carbonyl (C=O) groups is 1. The molecule has 1 N–H and O–H groups in total. The molecule has 0 unspecified atom stereocenters. The predicted molar refractivity (Wildman–Crippen MR) is 90.2 cm³/mol. The van der Waals surface area contributed by atoms with Crippen molar-refractivity contribution >= 4 is 24.2 Å². The Labute approximate surface area is 137 Å². The lowest BCUT2D eigenvalue weighted by molar-refractivity contribution is -0.123. The van der Waals surface area contributed by atoms with Gasteiger partial charge in [0.05, 0.1) is 11.2 Å². The summed E-state index contributed by atoms with van der Waals surface area (Å²) in [6.45, 7) is 13.2. The minimum atomic E-state index is -0.731. The number of anilines is 1. The van der Waals surface area contributed by atoms with E-state index < -0.39 is 29.6 Å². The van der Waals surface area contributed by atoms with Gasteiger partial charge in [0.15, 0.2) is 0 Å². The van der Waals surface area contributed by atoms with Crippen molar-refractivity contribution in [2.75, 3.05) is 5.32 Å². The highest BCUT2D eigenvalue weighted by Crippen LogP contribution is 2.37. The zero-order chi connectivity index (χ0) is 17.6. The van der Waals surface area contributed by atoms with Crippen molar-refractivity contribution in [2.24, 2.45) is 5.41 Å². The van der Waals surface area contributed by atoms with E-state index in [1.165, 1.54) is 12.1 Å². The van der Waals surface area contributed by atoms with Gasteiger partial charge in [-0.25, -0.2) is 4.39 Å². The van der Waals surface area contributed by atoms with Crippen molar-refractivity contribution in [3.8, 4) is 0 Å². The van der Waals surface area contributed by atoms with Crippen LogP contribution in [-0.2, 0) is 14.1 Å². The van der Waals surface area contributed by atoms with Gasteiger partial charge in [-0.2, -0.15) is 0 Å². The van der Waals surface area contributed by atoms with Crippen LogP contribution in [0.25, 0.3) is 0 Å². The number of benzene rings is 1. The molecule has 0 aromatic heterocycles. The first kappa shape index (κ1) is 18.0. The van der Waals surface area contributed by atoms with Crippen molar-refractivity contribution in [1.29, 1.82) is 0 Å². The lowest BCUT2D eigenvalue weighted by Crippen LogP contribution is -2.41. The van der Waals surface area contributed by atoms with Gasteiger partial charge in [-0.05, 0) is 45.9 Å². The minimum absolute atomic E-state index is 0.151. The number of rotatable bonds is 2. The summed E-state index contributed by atoms with van der Waals surface area (Å²) in [5.74, 6) is -0.551. The third-order valence-electron chi connectivity index (χ3n) is 4.45. The number of halogens is 1. The molecule has 0 bridgehead atoms. The summed E-state index contributed by atoms with van der Waals surface area (Å²) in [6.07, 6.45) is 0. The SMILES string of the molecule is CC(C)(C)C(=O)Nc1ccc(F)cc1B1OC(C)(C)C(C)(C)O1. The Morgan fingerprint density at radius 2 is 1.65 bits per heavy atom. The van der Waals surface area contributed by atoms with E-state index in [-0.39, 0.29) is 5.91 Å². The molecule has 126 valence electrons. The monoisotopic (exact) mass is 321 g/mol. The summed E-state index contributed by atoms with van der Waals surface area (Å²) in [6, 6.07) is 4.20. The summed E-state index contributed by atoms with van der Waals surface area (Å²) in [7, 11) is -0.731. The fourth-order valence-electron chi connectivity index (χ4n) is 2.12. The second-order valence-corrected chi connectivity index (χ2v) is 8.02. The van der Waals surface area contributed by atoms with Crippen LogP contribution >= 0.6 is 0 Å². The van der Waals surface area contributed by atoms with Crippen molar-refractivity contribution in [1.82, 2.24) is 0 Å². The van der Waals surface area contributed by atoms with E-state index in [1.54, 1.807) is 6.07 Å². The van der Waals surface area contributed by atoms with Crippen LogP contribution in [0, 0.1) is 11.2 Å². The largest absolute Gasteiger partial charge is 0.497 e. The molecule has 1 fully saturated rings. The molecule has 4 nitrogen and oxygen atoms in total.